The second kappa shape index (κ2) is 8.10. The maximum absolute atomic E-state index is 12.8. The van der Waals surface area contributed by atoms with Crippen molar-refractivity contribution in [1.82, 2.24) is 4.90 Å². The number of hydrogen-bond acceptors (Lipinski definition) is 5. The summed E-state index contributed by atoms with van der Waals surface area (Å²) < 4.78 is 10.6. The largest absolute Gasteiger partial charge is 0.493 e. The van der Waals surface area contributed by atoms with Crippen LogP contribution in [0.25, 0.3) is 11.1 Å². The number of carbonyl (C=O) groups is 2. The predicted octanol–water partition coefficient (Wildman–Crippen LogP) is 4.05. The van der Waals surface area contributed by atoms with Gasteiger partial charge in [0, 0.05) is 13.1 Å². The number of methoxy groups -OCH3 is 2. The zero-order valence-electron chi connectivity index (χ0n) is 14.7. The van der Waals surface area contributed by atoms with E-state index in [-0.39, 0.29) is 17.1 Å². The predicted molar refractivity (Wildman–Crippen MR) is 102 cm³/mol. The molecule has 1 aliphatic rings. The van der Waals surface area contributed by atoms with Crippen molar-refractivity contribution in [2.45, 2.75) is 12.8 Å². The van der Waals surface area contributed by atoms with Crippen molar-refractivity contribution in [3.63, 3.8) is 0 Å². The molecule has 1 saturated heterocycles. The highest BCUT2D eigenvalue weighted by Gasteiger charge is 2.28. The Morgan fingerprint density at radius 3 is 2.62 bits per heavy atom. The molecule has 1 unspecified atom stereocenters. The van der Waals surface area contributed by atoms with Crippen molar-refractivity contribution < 1.29 is 19.1 Å². The molecule has 0 N–H and O–H groups in total. The molecule has 1 aliphatic heterocycles. The average molecular weight is 394 g/mol. The van der Waals surface area contributed by atoms with Crippen LogP contribution in [0.4, 0.5) is 0 Å². The molecule has 5 nitrogen and oxygen atoms in total. The number of halogens is 1. The van der Waals surface area contributed by atoms with E-state index < -0.39 is 0 Å². The van der Waals surface area contributed by atoms with Gasteiger partial charge in [-0.25, -0.2) is 0 Å². The number of ether oxygens (including phenoxy) is 2. The van der Waals surface area contributed by atoms with Gasteiger partial charge in [-0.1, -0.05) is 6.07 Å². The zero-order chi connectivity index (χ0) is 18.7. The van der Waals surface area contributed by atoms with Crippen molar-refractivity contribution in [3.05, 3.63) is 34.5 Å². The van der Waals surface area contributed by atoms with Gasteiger partial charge in [0.1, 0.15) is 0 Å². The topological polar surface area (TPSA) is 55.8 Å². The summed E-state index contributed by atoms with van der Waals surface area (Å²) in [6.45, 7) is 1.05. The van der Waals surface area contributed by atoms with Crippen molar-refractivity contribution in [3.8, 4) is 22.6 Å². The number of nitrogens with zero attached hydrogens (tertiary/aromatic N) is 1. The van der Waals surface area contributed by atoms with Crippen LogP contribution in [0.5, 0.6) is 11.5 Å². The molecule has 1 aromatic heterocycles. The third-order valence-electron chi connectivity index (χ3n) is 4.56. The van der Waals surface area contributed by atoms with Gasteiger partial charge < -0.3 is 14.4 Å². The summed E-state index contributed by atoms with van der Waals surface area (Å²) >= 11 is 7.01. The lowest BCUT2D eigenvalue weighted by molar-refractivity contribution is -0.116. The van der Waals surface area contributed by atoms with E-state index in [9.17, 15) is 9.59 Å². The van der Waals surface area contributed by atoms with E-state index in [1.807, 2.05) is 29.6 Å². The lowest BCUT2D eigenvalue weighted by Crippen LogP contribution is -2.41. The van der Waals surface area contributed by atoms with Crippen molar-refractivity contribution in [2.24, 2.45) is 5.92 Å². The summed E-state index contributed by atoms with van der Waals surface area (Å²) in [7, 11) is 3.19. The fourth-order valence-corrected chi connectivity index (χ4v) is 4.18. The second-order valence-electron chi connectivity index (χ2n) is 6.16. The van der Waals surface area contributed by atoms with Crippen molar-refractivity contribution >= 4 is 34.1 Å². The smallest absolute Gasteiger partial charge is 0.263 e. The van der Waals surface area contributed by atoms with E-state index in [1.54, 1.807) is 19.1 Å². The summed E-state index contributed by atoms with van der Waals surface area (Å²) in [4.78, 5) is 26.6. The normalized spacial score (nSPS) is 17.0. The van der Waals surface area contributed by atoms with Crippen LogP contribution < -0.4 is 9.47 Å². The van der Waals surface area contributed by atoms with Crippen LogP contribution in [-0.2, 0) is 4.79 Å². The molecule has 26 heavy (non-hydrogen) atoms. The number of carbonyl (C=O) groups excluding carboxylic acids is 2. The number of thiophene rings is 1. The molecule has 0 aliphatic carbocycles. The Labute approximate surface area is 161 Å². The number of piperidine rings is 1. The first-order valence-electron chi connectivity index (χ1n) is 8.33. The monoisotopic (exact) mass is 393 g/mol. The molecule has 0 spiro atoms. The number of benzene rings is 1. The number of hydrogen-bond donors (Lipinski definition) is 0. The highest BCUT2D eigenvalue weighted by molar-refractivity contribution is 7.12. The highest BCUT2D eigenvalue weighted by atomic mass is 35.5. The summed E-state index contributed by atoms with van der Waals surface area (Å²) in [6.07, 6.45) is 1.54. The molecular weight excluding hydrogens is 374 g/mol. The molecule has 2 heterocycles. The minimum atomic E-state index is -0.361. The average Bonchev–Trinajstić information content (AvgIpc) is 3.17. The molecule has 3 rings (SSSR count). The Bertz CT molecular complexity index is 820. The lowest BCUT2D eigenvalue weighted by Gasteiger charge is -2.30. The van der Waals surface area contributed by atoms with Crippen LogP contribution in [-0.4, -0.2) is 43.4 Å². The summed E-state index contributed by atoms with van der Waals surface area (Å²) in [6, 6.07) is 7.54. The summed E-state index contributed by atoms with van der Waals surface area (Å²) in [5, 5.41) is 1.59. The van der Waals surface area contributed by atoms with Crippen LogP contribution in [0.3, 0.4) is 0 Å². The van der Waals surface area contributed by atoms with Gasteiger partial charge in [-0.15, -0.1) is 11.3 Å². The molecule has 0 saturated carbocycles. The van der Waals surface area contributed by atoms with E-state index in [0.717, 1.165) is 24.0 Å². The third kappa shape index (κ3) is 3.86. The van der Waals surface area contributed by atoms with Crippen molar-refractivity contribution in [2.75, 3.05) is 27.3 Å². The van der Waals surface area contributed by atoms with Gasteiger partial charge >= 0.3 is 0 Å². The minimum absolute atomic E-state index is 0.0515. The lowest BCUT2D eigenvalue weighted by atomic mass is 9.99. The van der Waals surface area contributed by atoms with E-state index in [1.165, 1.54) is 11.3 Å². The molecule has 7 heteroatoms. The number of rotatable bonds is 5. The van der Waals surface area contributed by atoms with Crippen LogP contribution >= 0.6 is 22.9 Å². The Morgan fingerprint density at radius 2 is 1.92 bits per heavy atom. The fourth-order valence-electron chi connectivity index (χ4n) is 3.12. The van der Waals surface area contributed by atoms with Gasteiger partial charge in [0.05, 0.1) is 25.0 Å². The van der Waals surface area contributed by atoms with E-state index >= 15 is 0 Å². The first-order valence-corrected chi connectivity index (χ1v) is 9.58. The standard InChI is InChI=1S/C19H20ClNO4S/c1-24-15-6-5-12(8-16(15)25-2)14-9-17(26-11-14)19(23)21-7-3-4-13(10-21)18(20)22/h5-6,8-9,11,13H,3-4,7,10H2,1-2H3. The molecule has 0 bridgehead atoms. The molecule has 1 atom stereocenters. The molecule has 1 fully saturated rings. The van der Waals surface area contributed by atoms with Crippen LogP contribution in [0.1, 0.15) is 22.5 Å². The van der Waals surface area contributed by atoms with Crippen LogP contribution in [0.2, 0.25) is 0 Å². The molecule has 2 aromatic rings. The molecule has 138 valence electrons. The Hall–Kier alpha value is -2.05. The Kier molecular flexibility index (Phi) is 5.84. The number of likely N-dealkylation sites (tertiary alicyclic amines) is 1. The van der Waals surface area contributed by atoms with E-state index in [2.05, 4.69) is 0 Å². The van der Waals surface area contributed by atoms with Gasteiger partial charge in [-0.05, 0) is 59.1 Å². The van der Waals surface area contributed by atoms with E-state index in [4.69, 9.17) is 21.1 Å². The van der Waals surface area contributed by atoms with Gasteiger partial charge in [0.2, 0.25) is 5.24 Å². The molecule has 1 aromatic carbocycles. The maximum atomic E-state index is 12.8. The Morgan fingerprint density at radius 1 is 1.15 bits per heavy atom. The summed E-state index contributed by atoms with van der Waals surface area (Å²) in [5.74, 6) is 0.987. The molecule has 1 amide bonds. The quantitative estimate of drug-likeness (QED) is 0.719. The summed E-state index contributed by atoms with van der Waals surface area (Å²) in [5.41, 5.74) is 1.90. The molecule has 0 radical (unpaired) electrons. The zero-order valence-corrected chi connectivity index (χ0v) is 16.2. The van der Waals surface area contributed by atoms with Crippen molar-refractivity contribution in [1.29, 1.82) is 0 Å². The molecular formula is C19H20ClNO4S. The first-order chi connectivity index (χ1) is 12.5. The number of amides is 1. The second-order valence-corrected chi connectivity index (χ2v) is 7.45. The van der Waals surface area contributed by atoms with Crippen LogP contribution in [0, 0.1) is 5.92 Å². The third-order valence-corrected chi connectivity index (χ3v) is 5.78. The maximum Gasteiger partial charge on any atom is 0.263 e. The fraction of sp³-hybridized carbons (Fsp3) is 0.368. The van der Waals surface area contributed by atoms with Gasteiger partial charge in [-0.2, -0.15) is 0 Å². The highest BCUT2D eigenvalue weighted by Crippen LogP contribution is 2.34. The first kappa shape index (κ1) is 18.7. The van der Waals surface area contributed by atoms with Crippen LogP contribution in [0.15, 0.2) is 29.6 Å². The van der Waals surface area contributed by atoms with Gasteiger partial charge in [0.15, 0.2) is 11.5 Å². The van der Waals surface area contributed by atoms with Gasteiger partial charge in [0.25, 0.3) is 5.91 Å². The Balaban J connectivity index is 1.79. The van der Waals surface area contributed by atoms with Gasteiger partial charge in [-0.3, -0.25) is 9.59 Å². The SMILES string of the molecule is COc1ccc(-c2csc(C(=O)N3CCCC(C(=O)Cl)C3)c2)cc1OC. The minimum Gasteiger partial charge on any atom is -0.493 e. The van der Waals surface area contributed by atoms with E-state index in [0.29, 0.717) is 29.5 Å².